The second-order valence-corrected chi connectivity index (χ2v) is 3.52. The summed E-state index contributed by atoms with van der Waals surface area (Å²) in [6.07, 6.45) is 0.505. The number of aromatic nitrogens is 1. The van der Waals surface area contributed by atoms with Crippen molar-refractivity contribution in [2.24, 2.45) is 0 Å². The number of carbonyl (C=O) groups excluding carboxylic acids is 1. The summed E-state index contributed by atoms with van der Waals surface area (Å²) in [4.78, 5) is 15.2. The molecule has 0 fully saturated rings. The Morgan fingerprint density at radius 2 is 2.19 bits per heavy atom. The SMILES string of the molecule is CCC(=O)NCCNc1nc(C)ccc1N. The third-order valence-corrected chi connectivity index (χ3v) is 2.13. The van der Waals surface area contributed by atoms with Crippen LogP contribution in [0.1, 0.15) is 19.0 Å². The summed E-state index contributed by atoms with van der Waals surface area (Å²) in [5, 5.41) is 5.85. The van der Waals surface area contributed by atoms with Crippen LogP contribution in [0.3, 0.4) is 0 Å². The molecular weight excluding hydrogens is 204 g/mol. The molecule has 5 nitrogen and oxygen atoms in total. The summed E-state index contributed by atoms with van der Waals surface area (Å²) in [6.45, 7) is 4.92. The van der Waals surface area contributed by atoms with E-state index >= 15 is 0 Å². The number of rotatable bonds is 5. The summed E-state index contributed by atoms with van der Waals surface area (Å²) >= 11 is 0. The van der Waals surface area contributed by atoms with Crippen molar-refractivity contribution in [2.45, 2.75) is 20.3 Å². The molecule has 1 rings (SSSR count). The first-order valence-corrected chi connectivity index (χ1v) is 5.37. The Hall–Kier alpha value is -1.78. The van der Waals surface area contributed by atoms with Gasteiger partial charge in [-0.3, -0.25) is 4.79 Å². The zero-order valence-electron chi connectivity index (χ0n) is 9.71. The summed E-state index contributed by atoms with van der Waals surface area (Å²) in [7, 11) is 0. The highest BCUT2D eigenvalue weighted by Gasteiger charge is 2.00. The Labute approximate surface area is 95.4 Å². The molecule has 0 aliphatic carbocycles. The molecule has 0 aliphatic rings. The molecule has 1 heterocycles. The number of nitrogen functional groups attached to an aromatic ring is 1. The number of nitrogens with zero attached hydrogens (tertiary/aromatic N) is 1. The minimum atomic E-state index is 0.0481. The molecule has 0 saturated carbocycles. The zero-order valence-corrected chi connectivity index (χ0v) is 9.71. The van der Waals surface area contributed by atoms with E-state index in [9.17, 15) is 4.79 Å². The number of nitrogens with two attached hydrogens (primary N) is 1. The van der Waals surface area contributed by atoms with Crippen LogP contribution in [0.15, 0.2) is 12.1 Å². The van der Waals surface area contributed by atoms with Crippen molar-refractivity contribution >= 4 is 17.4 Å². The third kappa shape index (κ3) is 3.76. The Balaban J connectivity index is 2.37. The smallest absolute Gasteiger partial charge is 0.219 e. The average Bonchev–Trinajstić information content (AvgIpc) is 2.28. The fourth-order valence-corrected chi connectivity index (χ4v) is 1.22. The largest absolute Gasteiger partial charge is 0.396 e. The number of hydrogen-bond acceptors (Lipinski definition) is 4. The minimum Gasteiger partial charge on any atom is -0.396 e. The number of aryl methyl sites for hydroxylation is 1. The molecule has 1 amide bonds. The molecule has 0 spiro atoms. The van der Waals surface area contributed by atoms with E-state index in [1.165, 1.54) is 0 Å². The summed E-state index contributed by atoms with van der Waals surface area (Å²) < 4.78 is 0. The molecular formula is C11H18N4O. The van der Waals surface area contributed by atoms with E-state index < -0.39 is 0 Å². The van der Waals surface area contributed by atoms with Gasteiger partial charge in [0.2, 0.25) is 5.91 Å². The highest BCUT2D eigenvalue weighted by molar-refractivity contribution is 5.75. The summed E-state index contributed by atoms with van der Waals surface area (Å²) in [5.41, 5.74) is 7.27. The Morgan fingerprint density at radius 1 is 1.44 bits per heavy atom. The van der Waals surface area contributed by atoms with Crippen LogP contribution in [0, 0.1) is 6.92 Å². The second-order valence-electron chi connectivity index (χ2n) is 3.52. The van der Waals surface area contributed by atoms with Gasteiger partial charge in [0.25, 0.3) is 0 Å². The van der Waals surface area contributed by atoms with Crippen LogP contribution in [0.2, 0.25) is 0 Å². The van der Waals surface area contributed by atoms with Crippen molar-refractivity contribution in [3.8, 4) is 0 Å². The van der Waals surface area contributed by atoms with Crippen LogP contribution in [-0.4, -0.2) is 24.0 Å². The lowest BCUT2D eigenvalue weighted by molar-refractivity contribution is -0.120. The number of anilines is 2. The van der Waals surface area contributed by atoms with Crippen molar-refractivity contribution in [1.82, 2.24) is 10.3 Å². The Kier molecular flexibility index (Phi) is 4.57. The van der Waals surface area contributed by atoms with E-state index in [1.807, 2.05) is 26.0 Å². The second kappa shape index (κ2) is 5.95. The Morgan fingerprint density at radius 3 is 2.88 bits per heavy atom. The number of amides is 1. The number of nitrogens with one attached hydrogen (secondary N) is 2. The van der Waals surface area contributed by atoms with Gasteiger partial charge in [-0.25, -0.2) is 4.98 Å². The maximum absolute atomic E-state index is 11.0. The molecule has 0 bridgehead atoms. The minimum absolute atomic E-state index is 0.0481. The first-order chi connectivity index (χ1) is 7.63. The predicted octanol–water partition coefficient (Wildman–Crippen LogP) is 0.910. The predicted molar refractivity (Wildman–Crippen MR) is 65.2 cm³/mol. The molecule has 88 valence electrons. The standard InChI is InChI=1S/C11H18N4O/c1-3-10(16)13-6-7-14-11-9(12)5-4-8(2)15-11/h4-5H,3,6-7,12H2,1-2H3,(H,13,16)(H,14,15). The van der Waals surface area contributed by atoms with E-state index in [1.54, 1.807) is 0 Å². The molecule has 0 atom stereocenters. The van der Waals surface area contributed by atoms with E-state index in [0.29, 0.717) is 31.0 Å². The number of hydrogen-bond donors (Lipinski definition) is 3. The fourth-order valence-electron chi connectivity index (χ4n) is 1.22. The third-order valence-electron chi connectivity index (χ3n) is 2.13. The lowest BCUT2D eigenvalue weighted by Gasteiger charge is -2.09. The van der Waals surface area contributed by atoms with Crippen molar-refractivity contribution in [1.29, 1.82) is 0 Å². The van der Waals surface area contributed by atoms with Crippen molar-refractivity contribution < 1.29 is 4.79 Å². The van der Waals surface area contributed by atoms with Gasteiger partial charge in [-0.1, -0.05) is 6.92 Å². The maximum atomic E-state index is 11.0. The molecule has 0 aliphatic heterocycles. The van der Waals surface area contributed by atoms with E-state index in [-0.39, 0.29) is 5.91 Å². The van der Waals surface area contributed by atoms with E-state index in [2.05, 4.69) is 15.6 Å². The molecule has 0 saturated heterocycles. The highest BCUT2D eigenvalue weighted by atomic mass is 16.1. The number of carbonyl (C=O) groups is 1. The average molecular weight is 222 g/mol. The molecule has 1 aromatic heterocycles. The lowest BCUT2D eigenvalue weighted by atomic mass is 10.3. The number of pyridine rings is 1. The molecule has 5 heteroatoms. The van der Waals surface area contributed by atoms with Gasteiger partial charge in [-0.15, -0.1) is 0 Å². The van der Waals surface area contributed by atoms with Gasteiger partial charge < -0.3 is 16.4 Å². The van der Waals surface area contributed by atoms with Gasteiger partial charge in [0.1, 0.15) is 5.82 Å². The van der Waals surface area contributed by atoms with Crippen LogP contribution in [0.25, 0.3) is 0 Å². The highest BCUT2D eigenvalue weighted by Crippen LogP contribution is 2.14. The van der Waals surface area contributed by atoms with Gasteiger partial charge in [0.15, 0.2) is 0 Å². The molecule has 1 aromatic rings. The fraction of sp³-hybridized carbons (Fsp3) is 0.455. The van der Waals surface area contributed by atoms with Crippen LogP contribution in [0.5, 0.6) is 0 Å². The molecule has 16 heavy (non-hydrogen) atoms. The quantitative estimate of drug-likeness (QED) is 0.647. The molecule has 4 N–H and O–H groups in total. The van der Waals surface area contributed by atoms with E-state index in [4.69, 9.17) is 5.73 Å². The summed E-state index contributed by atoms with van der Waals surface area (Å²) in [6, 6.07) is 3.68. The Bertz CT molecular complexity index is 365. The normalized spacial score (nSPS) is 9.88. The first kappa shape index (κ1) is 12.3. The monoisotopic (exact) mass is 222 g/mol. The first-order valence-electron chi connectivity index (χ1n) is 5.37. The van der Waals surface area contributed by atoms with Gasteiger partial charge in [0.05, 0.1) is 5.69 Å². The van der Waals surface area contributed by atoms with Crippen LogP contribution in [-0.2, 0) is 4.79 Å². The van der Waals surface area contributed by atoms with Gasteiger partial charge in [0, 0.05) is 25.2 Å². The van der Waals surface area contributed by atoms with Gasteiger partial charge in [-0.05, 0) is 19.1 Å². The van der Waals surface area contributed by atoms with Gasteiger partial charge >= 0.3 is 0 Å². The summed E-state index contributed by atoms with van der Waals surface area (Å²) in [5.74, 6) is 0.720. The zero-order chi connectivity index (χ0) is 12.0. The van der Waals surface area contributed by atoms with Crippen LogP contribution in [0.4, 0.5) is 11.5 Å². The molecule has 0 unspecified atom stereocenters. The van der Waals surface area contributed by atoms with Crippen LogP contribution >= 0.6 is 0 Å². The van der Waals surface area contributed by atoms with Crippen molar-refractivity contribution in [3.63, 3.8) is 0 Å². The molecule has 0 radical (unpaired) electrons. The van der Waals surface area contributed by atoms with Gasteiger partial charge in [-0.2, -0.15) is 0 Å². The van der Waals surface area contributed by atoms with E-state index in [0.717, 1.165) is 5.69 Å². The van der Waals surface area contributed by atoms with Crippen LogP contribution < -0.4 is 16.4 Å². The maximum Gasteiger partial charge on any atom is 0.219 e. The molecule has 0 aromatic carbocycles. The lowest BCUT2D eigenvalue weighted by Crippen LogP contribution is -2.28. The van der Waals surface area contributed by atoms with Crippen molar-refractivity contribution in [3.05, 3.63) is 17.8 Å². The topological polar surface area (TPSA) is 80.0 Å². The van der Waals surface area contributed by atoms with Crippen molar-refractivity contribution in [2.75, 3.05) is 24.1 Å².